The number of anilines is 1. The molecule has 1 N–H and O–H groups in total. The van der Waals surface area contributed by atoms with Crippen molar-refractivity contribution in [3.63, 3.8) is 0 Å². The van der Waals surface area contributed by atoms with Gasteiger partial charge >= 0.3 is 0 Å². The van der Waals surface area contributed by atoms with E-state index < -0.39 is 0 Å². The molecule has 0 saturated carbocycles. The lowest BCUT2D eigenvalue weighted by molar-refractivity contribution is -0.116. The fraction of sp³-hybridized carbons (Fsp3) is 0.217. The molecule has 0 unspecified atom stereocenters. The van der Waals surface area contributed by atoms with Gasteiger partial charge in [-0.05, 0) is 30.4 Å². The monoisotopic (exact) mass is 356 g/mol. The van der Waals surface area contributed by atoms with E-state index in [9.17, 15) is 4.79 Å². The molecule has 5 rings (SSSR count). The third-order valence-electron chi connectivity index (χ3n) is 5.66. The summed E-state index contributed by atoms with van der Waals surface area (Å²) in [6.07, 6.45) is 1.33. The molecule has 0 fully saturated rings. The molecule has 0 saturated heterocycles. The summed E-state index contributed by atoms with van der Waals surface area (Å²) in [4.78, 5) is 13.3. The number of nitrogens with zero attached hydrogens (tertiary/aromatic N) is 1. The third-order valence-corrected chi connectivity index (χ3v) is 5.66. The fourth-order valence-corrected chi connectivity index (χ4v) is 4.41. The fourth-order valence-electron chi connectivity index (χ4n) is 4.41. The van der Waals surface area contributed by atoms with Gasteiger partial charge in [0.15, 0.2) is 5.78 Å². The average molecular weight is 356 g/mol. The molecule has 27 heavy (non-hydrogen) atoms. The largest absolute Gasteiger partial charge is 0.338 e. The van der Waals surface area contributed by atoms with Crippen molar-refractivity contribution in [3.05, 3.63) is 94.3 Å². The van der Waals surface area contributed by atoms with Crippen molar-refractivity contribution in [2.24, 2.45) is 0 Å². The van der Waals surface area contributed by atoms with Gasteiger partial charge in [-0.2, -0.15) is 0 Å². The smallest absolute Gasteiger partial charge is 0.233 e. The summed E-state index contributed by atoms with van der Waals surface area (Å²) < 4.78 is 5.56. The Labute approximate surface area is 157 Å². The quantitative estimate of drug-likeness (QED) is 0.706. The zero-order valence-corrected chi connectivity index (χ0v) is 15.1. The van der Waals surface area contributed by atoms with Crippen LogP contribution < -0.4 is 5.32 Å². The van der Waals surface area contributed by atoms with Gasteiger partial charge in [-0.3, -0.25) is 4.79 Å². The van der Waals surface area contributed by atoms with E-state index in [1.54, 1.807) is 0 Å². The Kier molecular flexibility index (Phi) is 3.71. The van der Waals surface area contributed by atoms with E-state index in [1.807, 2.05) is 43.3 Å². The molecule has 134 valence electrons. The lowest BCUT2D eigenvalue weighted by atomic mass is 9.72. The minimum Gasteiger partial charge on any atom is -0.338 e. The zero-order chi connectivity index (χ0) is 18.4. The first-order chi connectivity index (χ1) is 13.2. The second kappa shape index (κ2) is 6.23. The Morgan fingerprint density at radius 3 is 2.33 bits per heavy atom. The second-order valence-corrected chi connectivity index (χ2v) is 7.31. The van der Waals surface area contributed by atoms with Gasteiger partial charge in [0.05, 0.1) is 11.3 Å². The van der Waals surface area contributed by atoms with E-state index in [1.165, 1.54) is 5.56 Å². The predicted octanol–water partition coefficient (Wildman–Crippen LogP) is 4.94. The first-order valence-electron chi connectivity index (χ1n) is 9.31. The van der Waals surface area contributed by atoms with Gasteiger partial charge in [0.25, 0.3) is 0 Å². The van der Waals surface area contributed by atoms with E-state index in [4.69, 9.17) is 4.52 Å². The summed E-state index contributed by atoms with van der Waals surface area (Å²) in [5.74, 6) is 0.944. The molecule has 1 aliphatic carbocycles. The van der Waals surface area contributed by atoms with Crippen LogP contribution in [0.2, 0.25) is 0 Å². The molecule has 2 aliphatic rings. The van der Waals surface area contributed by atoms with Crippen molar-refractivity contribution in [1.29, 1.82) is 0 Å². The highest BCUT2D eigenvalue weighted by atomic mass is 16.5. The highest BCUT2D eigenvalue weighted by Gasteiger charge is 2.40. The number of hydrogen-bond acceptors (Lipinski definition) is 4. The number of carbonyl (C=O) groups is 1. The van der Waals surface area contributed by atoms with E-state index in [2.05, 4.69) is 34.7 Å². The molecule has 4 nitrogen and oxygen atoms in total. The maximum absolute atomic E-state index is 13.3. The van der Waals surface area contributed by atoms with E-state index in [-0.39, 0.29) is 17.6 Å². The summed E-state index contributed by atoms with van der Waals surface area (Å²) in [5.41, 5.74) is 5.95. The van der Waals surface area contributed by atoms with Crippen LogP contribution in [0.15, 0.2) is 76.5 Å². The number of benzene rings is 2. The van der Waals surface area contributed by atoms with Gasteiger partial charge in [-0.1, -0.05) is 65.8 Å². The normalized spacial score (nSPS) is 21.4. The first kappa shape index (κ1) is 16.1. The van der Waals surface area contributed by atoms with Gasteiger partial charge in [0.1, 0.15) is 0 Å². The van der Waals surface area contributed by atoms with Crippen LogP contribution in [0.1, 0.15) is 47.1 Å². The number of rotatable bonds is 2. The number of Topliss-reactive ketones (excluding diaryl/α,β-unsaturated/α-hetero) is 1. The van der Waals surface area contributed by atoms with E-state index >= 15 is 0 Å². The molecule has 2 aromatic carbocycles. The van der Waals surface area contributed by atoms with Crippen LogP contribution in [0.5, 0.6) is 0 Å². The van der Waals surface area contributed by atoms with Gasteiger partial charge < -0.3 is 9.84 Å². The first-order valence-corrected chi connectivity index (χ1v) is 9.31. The molecule has 0 bridgehead atoms. The maximum Gasteiger partial charge on any atom is 0.233 e. The molecular weight excluding hydrogens is 336 g/mol. The number of nitrogens with one attached hydrogen (secondary N) is 1. The number of allylic oxidation sites excluding steroid dienone is 2. The lowest BCUT2D eigenvalue weighted by Gasteiger charge is -2.34. The molecule has 0 amide bonds. The van der Waals surface area contributed by atoms with Crippen molar-refractivity contribution in [1.82, 2.24) is 5.16 Å². The Balaban J connectivity index is 1.63. The number of aryl methyl sites for hydroxylation is 1. The maximum atomic E-state index is 13.3. The average Bonchev–Trinajstić information content (AvgIpc) is 3.08. The molecule has 1 aromatic heterocycles. The Morgan fingerprint density at radius 1 is 0.963 bits per heavy atom. The summed E-state index contributed by atoms with van der Waals surface area (Å²) >= 11 is 0. The van der Waals surface area contributed by atoms with E-state index in [0.717, 1.165) is 34.5 Å². The molecule has 1 aliphatic heterocycles. The number of fused-ring (bicyclic) bond motifs is 1. The molecule has 2 atom stereocenters. The van der Waals surface area contributed by atoms with Crippen molar-refractivity contribution < 1.29 is 9.32 Å². The van der Waals surface area contributed by atoms with Crippen LogP contribution in [0.3, 0.4) is 0 Å². The topological polar surface area (TPSA) is 55.1 Å². The van der Waals surface area contributed by atoms with Crippen LogP contribution in [0.25, 0.3) is 0 Å². The van der Waals surface area contributed by atoms with Crippen LogP contribution in [-0.2, 0) is 4.79 Å². The Morgan fingerprint density at radius 2 is 1.63 bits per heavy atom. The van der Waals surface area contributed by atoms with Gasteiger partial charge in [-0.15, -0.1) is 0 Å². The summed E-state index contributed by atoms with van der Waals surface area (Å²) in [6, 6.07) is 20.4. The lowest BCUT2D eigenvalue weighted by Crippen LogP contribution is -2.29. The van der Waals surface area contributed by atoms with Gasteiger partial charge in [0, 0.05) is 23.6 Å². The molecule has 0 radical (unpaired) electrons. The van der Waals surface area contributed by atoms with Crippen molar-refractivity contribution in [2.75, 3.05) is 5.32 Å². The van der Waals surface area contributed by atoms with E-state index in [0.29, 0.717) is 12.3 Å². The molecule has 4 heteroatoms. The molecular formula is C23H20N2O2. The number of carbonyl (C=O) groups excluding carboxylic acids is 1. The zero-order valence-electron chi connectivity index (χ0n) is 15.1. The van der Waals surface area contributed by atoms with Gasteiger partial charge in [-0.25, -0.2) is 0 Å². The number of aromatic nitrogens is 1. The Hall–Kier alpha value is -3.14. The second-order valence-electron chi connectivity index (χ2n) is 7.31. The molecule has 3 aromatic rings. The highest BCUT2D eigenvalue weighted by molar-refractivity contribution is 6.01. The number of ketones is 1. The van der Waals surface area contributed by atoms with Crippen LogP contribution in [0, 0.1) is 6.92 Å². The van der Waals surface area contributed by atoms with Crippen molar-refractivity contribution in [2.45, 2.75) is 31.6 Å². The number of hydrogen-bond donors (Lipinski definition) is 1. The SMILES string of the molecule is Cc1noc2c1[C@@H](c1ccccc1)C1=C(C[C@H](c3ccccc3)CC1=O)N2. The van der Waals surface area contributed by atoms with Crippen molar-refractivity contribution in [3.8, 4) is 0 Å². The summed E-state index contributed by atoms with van der Waals surface area (Å²) in [6.45, 7) is 1.94. The molecule has 0 spiro atoms. The minimum atomic E-state index is -0.118. The minimum absolute atomic E-state index is 0.118. The van der Waals surface area contributed by atoms with Crippen LogP contribution >= 0.6 is 0 Å². The molecule has 2 heterocycles. The third kappa shape index (κ3) is 2.60. The standard InChI is InChI=1S/C23H20N2O2/c1-14-20-21(16-10-6-3-7-11-16)22-18(24-23(20)27-25-14)12-17(13-19(22)26)15-8-4-2-5-9-15/h2-11,17,21,24H,12-13H2,1H3/t17-,21+/m0/s1. The predicted molar refractivity (Wildman–Crippen MR) is 104 cm³/mol. The summed E-state index contributed by atoms with van der Waals surface area (Å²) in [7, 11) is 0. The van der Waals surface area contributed by atoms with Gasteiger partial charge in [0.2, 0.25) is 5.88 Å². The summed E-state index contributed by atoms with van der Waals surface area (Å²) in [5, 5.41) is 7.54. The highest BCUT2D eigenvalue weighted by Crippen LogP contribution is 2.48. The van der Waals surface area contributed by atoms with Crippen LogP contribution in [0.4, 0.5) is 5.88 Å². The van der Waals surface area contributed by atoms with Crippen molar-refractivity contribution >= 4 is 11.7 Å². The Bertz CT molecular complexity index is 1030. The van der Waals surface area contributed by atoms with Crippen LogP contribution in [-0.4, -0.2) is 10.9 Å².